The van der Waals surface area contributed by atoms with E-state index in [9.17, 15) is 0 Å². The molecule has 0 fully saturated rings. The maximum atomic E-state index is 5.35. The zero-order valence-corrected chi connectivity index (χ0v) is 18.0. The Morgan fingerprint density at radius 2 is 1.12 bits per heavy atom. The summed E-state index contributed by atoms with van der Waals surface area (Å²) in [6.45, 7) is 0. The van der Waals surface area contributed by atoms with Crippen molar-refractivity contribution in [2.45, 2.75) is 0 Å². The minimum Gasteiger partial charge on any atom is -0.369 e. The highest BCUT2D eigenvalue weighted by Crippen LogP contribution is 2.13. The number of hydrogen-bond acceptors (Lipinski definition) is 2. The van der Waals surface area contributed by atoms with Crippen LogP contribution in [0.2, 0.25) is 0 Å². The first-order valence-electron chi connectivity index (χ1n) is 7.07. The van der Waals surface area contributed by atoms with Crippen molar-refractivity contribution in [2.75, 3.05) is 0 Å². The maximum absolute atomic E-state index is 5.35. The third-order valence-electron chi connectivity index (χ3n) is 2.91. The molecule has 0 aliphatic carbocycles. The average molecular weight is 529 g/mol. The number of guanidine groups is 1. The number of nitrogens with two attached hydrogens (primary N) is 2. The lowest BCUT2D eigenvalue weighted by atomic mass is 10.1. The van der Waals surface area contributed by atoms with Crippen LogP contribution in [0.15, 0.2) is 79.8 Å². The molecule has 0 aliphatic rings. The van der Waals surface area contributed by atoms with E-state index in [0.29, 0.717) is 5.71 Å². The van der Waals surface area contributed by atoms with Gasteiger partial charge in [0.2, 0.25) is 5.96 Å². The standard InChI is InChI=1S/C18H16Br2N4.BrH/c19-15-7-1-13(2-8-15)5-11-17(23-24-18(21)22)12-6-14-3-9-16(20)10-4-14;/h1-12H,(H4,21,22,24);1H/b11-5+,12-6+;. The summed E-state index contributed by atoms with van der Waals surface area (Å²) >= 11 is 6.83. The van der Waals surface area contributed by atoms with Crippen molar-refractivity contribution in [3.05, 3.63) is 80.8 Å². The summed E-state index contributed by atoms with van der Waals surface area (Å²) in [6.07, 6.45) is 7.59. The van der Waals surface area contributed by atoms with Crippen LogP contribution >= 0.6 is 48.8 Å². The molecular formula is C18H17Br3N4. The Morgan fingerprint density at radius 1 is 0.720 bits per heavy atom. The van der Waals surface area contributed by atoms with Crippen LogP contribution in [0.4, 0.5) is 0 Å². The van der Waals surface area contributed by atoms with Crippen LogP contribution in [0.1, 0.15) is 11.1 Å². The monoisotopic (exact) mass is 526 g/mol. The number of benzene rings is 2. The van der Waals surface area contributed by atoms with Crippen LogP contribution in [0.25, 0.3) is 12.2 Å². The first-order chi connectivity index (χ1) is 11.5. The van der Waals surface area contributed by atoms with Crippen LogP contribution in [-0.2, 0) is 0 Å². The molecule has 4 nitrogen and oxygen atoms in total. The SMILES string of the molecule is Br.NC(N)=NN=C(/C=C/c1ccc(Br)cc1)/C=C/c1ccc(Br)cc1. The summed E-state index contributed by atoms with van der Waals surface area (Å²) < 4.78 is 2.06. The van der Waals surface area contributed by atoms with Gasteiger partial charge in [-0.1, -0.05) is 68.3 Å². The molecule has 130 valence electrons. The van der Waals surface area contributed by atoms with Crippen LogP contribution in [0.5, 0.6) is 0 Å². The van der Waals surface area contributed by atoms with Gasteiger partial charge in [-0.15, -0.1) is 27.2 Å². The number of allylic oxidation sites excluding steroid dienone is 2. The Balaban J connectivity index is 0.00000312. The molecule has 2 aromatic rings. The molecule has 0 spiro atoms. The maximum Gasteiger partial charge on any atom is 0.211 e. The summed E-state index contributed by atoms with van der Waals surface area (Å²) in [5, 5.41) is 7.77. The molecular weight excluding hydrogens is 512 g/mol. The van der Waals surface area contributed by atoms with Gasteiger partial charge in [-0.05, 0) is 47.5 Å². The Kier molecular flexibility index (Phi) is 9.41. The zero-order chi connectivity index (χ0) is 17.4. The van der Waals surface area contributed by atoms with Gasteiger partial charge < -0.3 is 11.5 Å². The molecule has 0 amide bonds. The molecule has 0 saturated heterocycles. The molecule has 0 atom stereocenters. The van der Waals surface area contributed by atoms with E-state index >= 15 is 0 Å². The minimum absolute atomic E-state index is 0. The summed E-state index contributed by atoms with van der Waals surface area (Å²) in [5.41, 5.74) is 13.4. The topological polar surface area (TPSA) is 76.8 Å². The Bertz CT molecular complexity index is 731. The van der Waals surface area contributed by atoms with E-state index in [1.165, 1.54) is 0 Å². The lowest BCUT2D eigenvalue weighted by Crippen LogP contribution is -2.22. The lowest BCUT2D eigenvalue weighted by molar-refractivity contribution is 1.21. The van der Waals surface area contributed by atoms with Crippen LogP contribution in [-0.4, -0.2) is 11.7 Å². The van der Waals surface area contributed by atoms with Gasteiger partial charge in [0.05, 0.1) is 5.71 Å². The molecule has 2 rings (SSSR count). The van der Waals surface area contributed by atoms with Gasteiger partial charge >= 0.3 is 0 Å². The molecule has 0 unspecified atom stereocenters. The van der Waals surface area contributed by atoms with E-state index < -0.39 is 0 Å². The smallest absolute Gasteiger partial charge is 0.211 e. The van der Waals surface area contributed by atoms with Gasteiger partial charge in [0.25, 0.3) is 0 Å². The Hall–Kier alpha value is -1.70. The first kappa shape index (κ1) is 21.3. The van der Waals surface area contributed by atoms with Crippen LogP contribution < -0.4 is 11.5 Å². The van der Waals surface area contributed by atoms with Gasteiger partial charge in [-0.25, -0.2) is 0 Å². The highest BCUT2D eigenvalue weighted by atomic mass is 79.9. The summed E-state index contributed by atoms with van der Waals surface area (Å²) in [7, 11) is 0. The highest BCUT2D eigenvalue weighted by Gasteiger charge is 1.93. The number of hydrogen-bond donors (Lipinski definition) is 2. The second-order valence-corrected chi connectivity index (χ2v) is 6.65. The van der Waals surface area contributed by atoms with Gasteiger partial charge in [-0.3, -0.25) is 0 Å². The fourth-order valence-electron chi connectivity index (χ4n) is 1.75. The summed E-state index contributed by atoms with van der Waals surface area (Å²) in [5.74, 6) is -0.0819. The normalized spacial score (nSPS) is 10.5. The number of nitrogens with zero attached hydrogens (tertiary/aromatic N) is 2. The van der Waals surface area contributed by atoms with E-state index in [4.69, 9.17) is 11.5 Å². The fourth-order valence-corrected chi connectivity index (χ4v) is 2.28. The molecule has 7 heteroatoms. The van der Waals surface area contributed by atoms with Crippen molar-refractivity contribution in [3.63, 3.8) is 0 Å². The highest BCUT2D eigenvalue weighted by molar-refractivity contribution is 9.10. The van der Waals surface area contributed by atoms with Crippen molar-refractivity contribution in [3.8, 4) is 0 Å². The fraction of sp³-hybridized carbons (Fsp3) is 0. The van der Waals surface area contributed by atoms with Gasteiger partial charge in [0.15, 0.2) is 0 Å². The van der Waals surface area contributed by atoms with Crippen molar-refractivity contribution in [1.29, 1.82) is 0 Å². The second-order valence-electron chi connectivity index (χ2n) is 4.82. The summed E-state index contributed by atoms with van der Waals surface area (Å²) in [4.78, 5) is 0. The molecule has 0 saturated carbocycles. The quantitative estimate of drug-likeness (QED) is 0.320. The Labute approximate surface area is 174 Å². The minimum atomic E-state index is -0.0819. The van der Waals surface area contributed by atoms with E-state index in [1.54, 1.807) is 0 Å². The largest absolute Gasteiger partial charge is 0.369 e. The van der Waals surface area contributed by atoms with Crippen LogP contribution in [0, 0.1) is 0 Å². The van der Waals surface area contributed by atoms with Crippen molar-refractivity contribution < 1.29 is 0 Å². The average Bonchev–Trinajstić information content (AvgIpc) is 2.57. The molecule has 25 heavy (non-hydrogen) atoms. The van der Waals surface area contributed by atoms with Gasteiger partial charge in [-0.2, -0.15) is 0 Å². The van der Waals surface area contributed by atoms with E-state index in [1.807, 2.05) is 72.8 Å². The van der Waals surface area contributed by atoms with Crippen molar-refractivity contribution in [2.24, 2.45) is 21.7 Å². The third-order valence-corrected chi connectivity index (χ3v) is 3.97. The van der Waals surface area contributed by atoms with E-state index in [-0.39, 0.29) is 22.9 Å². The first-order valence-corrected chi connectivity index (χ1v) is 8.65. The molecule has 4 N–H and O–H groups in total. The van der Waals surface area contributed by atoms with Crippen molar-refractivity contribution >= 4 is 72.7 Å². The van der Waals surface area contributed by atoms with Gasteiger partial charge in [0.1, 0.15) is 0 Å². The Morgan fingerprint density at radius 3 is 1.48 bits per heavy atom. The molecule has 2 aromatic carbocycles. The zero-order valence-electron chi connectivity index (χ0n) is 13.1. The van der Waals surface area contributed by atoms with E-state index in [2.05, 4.69) is 42.1 Å². The second kappa shape index (κ2) is 11.0. The number of rotatable bonds is 5. The molecule has 0 aliphatic heterocycles. The molecule has 0 heterocycles. The van der Waals surface area contributed by atoms with E-state index in [0.717, 1.165) is 20.1 Å². The van der Waals surface area contributed by atoms with Crippen LogP contribution in [0.3, 0.4) is 0 Å². The molecule has 0 aromatic heterocycles. The molecule has 0 bridgehead atoms. The predicted octanol–water partition coefficient (Wildman–Crippen LogP) is 5.15. The van der Waals surface area contributed by atoms with Gasteiger partial charge in [0, 0.05) is 8.95 Å². The summed E-state index contributed by atoms with van der Waals surface area (Å²) in [6, 6.07) is 15.9. The third kappa shape index (κ3) is 8.29. The lowest BCUT2D eigenvalue weighted by Gasteiger charge is -1.96. The number of halogens is 3. The predicted molar refractivity (Wildman–Crippen MR) is 120 cm³/mol. The molecule has 0 radical (unpaired) electrons. The van der Waals surface area contributed by atoms with Crippen molar-refractivity contribution in [1.82, 2.24) is 0 Å².